The van der Waals surface area contributed by atoms with Gasteiger partial charge in [-0.1, -0.05) is 55.3 Å². The third kappa shape index (κ3) is 5.65. The number of hydrogen-bond acceptors (Lipinski definition) is 4. The van der Waals surface area contributed by atoms with Crippen LogP contribution in [0.1, 0.15) is 45.1 Å². The number of carbonyl (C=O) groups is 1. The van der Waals surface area contributed by atoms with Crippen LogP contribution < -0.4 is 11.1 Å². The van der Waals surface area contributed by atoms with Crippen molar-refractivity contribution in [3.05, 3.63) is 57.6 Å². The van der Waals surface area contributed by atoms with Crippen molar-refractivity contribution >= 4 is 29.2 Å². The summed E-state index contributed by atoms with van der Waals surface area (Å²) in [5.41, 5.74) is 4.54. The molecule has 0 radical (unpaired) electrons. The van der Waals surface area contributed by atoms with Crippen molar-refractivity contribution in [2.24, 2.45) is 11.1 Å². The van der Waals surface area contributed by atoms with E-state index in [0.717, 1.165) is 6.08 Å². The first-order valence-corrected chi connectivity index (χ1v) is 10.6. The summed E-state index contributed by atoms with van der Waals surface area (Å²) < 4.78 is 29.9. The number of nitrogens with one attached hydrogen (secondary N) is 1. The molecular formula is C22H28Cl2F2N2O3. The van der Waals surface area contributed by atoms with E-state index in [2.05, 4.69) is 5.32 Å². The second-order valence-electron chi connectivity index (χ2n) is 8.74. The molecular weight excluding hydrogens is 449 g/mol. The maximum absolute atomic E-state index is 15.0. The largest absolute Gasteiger partial charge is 0.480 e. The predicted molar refractivity (Wildman–Crippen MR) is 118 cm³/mol. The highest BCUT2D eigenvalue weighted by Crippen LogP contribution is 2.46. The molecule has 4 unspecified atom stereocenters. The third-order valence-corrected chi connectivity index (χ3v) is 6.37. The standard InChI is InChI=1S/C22H28Cl2F2N2O3/c1-4-12(23)8-13(25)9-22(27)16(10-21(2,3)11-29)28-19(20(30)31)17(22)14-6-5-7-15(24)18(14)26/h4-8,16-17,19,28-29H,9-11,27H2,1-3H3,(H,30,31). The average Bonchev–Trinajstić information content (AvgIpc) is 2.95. The van der Waals surface area contributed by atoms with Crippen LogP contribution in [0.15, 0.2) is 41.2 Å². The van der Waals surface area contributed by atoms with E-state index in [-0.39, 0.29) is 28.6 Å². The molecule has 0 spiro atoms. The molecule has 2 rings (SSSR count). The van der Waals surface area contributed by atoms with Crippen molar-refractivity contribution < 1.29 is 23.8 Å². The first-order chi connectivity index (χ1) is 14.4. The zero-order valence-electron chi connectivity index (χ0n) is 17.6. The van der Waals surface area contributed by atoms with Gasteiger partial charge < -0.3 is 15.9 Å². The van der Waals surface area contributed by atoms with Crippen LogP contribution in [0, 0.1) is 11.2 Å². The number of aliphatic hydroxyl groups excluding tert-OH is 1. The van der Waals surface area contributed by atoms with Crippen molar-refractivity contribution in [1.82, 2.24) is 5.32 Å². The SMILES string of the molecule is CC=C(Cl)C=C(F)CC1(N)C(CC(C)(C)CO)NC(C(=O)O)C1c1cccc(Cl)c1F. The highest BCUT2D eigenvalue weighted by atomic mass is 35.5. The second kappa shape index (κ2) is 9.96. The number of halogens is 4. The van der Waals surface area contributed by atoms with Crippen molar-refractivity contribution in [3.8, 4) is 0 Å². The lowest BCUT2D eigenvalue weighted by molar-refractivity contribution is -0.139. The number of carboxylic acid groups (broad SMARTS) is 1. The first-order valence-electron chi connectivity index (χ1n) is 9.86. The number of benzene rings is 1. The number of hydrogen-bond donors (Lipinski definition) is 4. The molecule has 4 atom stereocenters. The predicted octanol–water partition coefficient (Wildman–Crippen LogP) is 4.48. The zero-order chi connectivity index (χ0) is 23.6. The van der Waals surface area contributed by atoms with Crippen LogP contribution in [0.5, 0.6) is 0 Å². The molecule has 1 fully saturated rings. The summed E-state index contributed by atoms with van der Waals surface area (Å²) in [6.07, 6.45) is 2.44. The Labute approximate surface area is 190 Å². The Morgan fingerprint density at radius 1 is 1.42 bits per heavy atom. The molecule has 1 aromatic carbocycles. The highest BCUT2D eigenvalue weighted by Gasteiger charge is 2.57. The van der Waals surface area contributed by atoms with Crippen LogP contribution in [0.4, 0.5) is 8.78 Å². The smallest absolute Gasteiger partial charge is 0.321 e. The van der Waals surface area contributed by atoms with Crippen molar-refractivity contribution in [2.75, 3.05) is 6.61 Å². The zero-order valence-corrected chi connectivity index (χ0v) is 19.1. The fraction of sp³-hybridized carbons (Fsp3) is 0.500. The Balaban J connectivity index is 2.67. The number of aliphatic hydroxyl groups is 1. The molecule has 0 bridgehead atoms. The van der Waals surface area contributed by atoms with E-state index in [4.69, 9.17) is 28.9 Å². The van der Waals surface area contributed by atoms with Crippen LogP contribution in [0.3, 0.4) is 0 Å². The van der Waals surface area contributed by atoms with Crippen LogP contribution in [0.2, 0.25) is 5.02 Å². The molecule has 0 saturated carbocycles. The van der Waals surface area contributed by atoms with E-state index in [1.165, 1.54) is 24.3 Å². The van der Waals surface area contributed by atoms with Crippen LogP contribution in [-0.4, -0.2) is 40.4 Å². The molecule has 9 heteroatoms. The summed E-state index contributed by atoms with van der Waals surface area (Å²) in [4.78, 5) is 12.1. The summed E-state index contributed by atoms with van der Waals surface area (Å²) in [7, 11) is 0. The Bertz CT molecular complexity index is 892. The fourth-order valence-corrected chi connectivity index (χ4v) is 4.41. The highest BCUT2D eigenvalue weighted by molar-refractivity contribution is 6.31. The van der Waals surface area contributed by atoms with Gasteiger partial charge >= 0.3 is 5.97 Å². The monoisotopic (exact) mass is 476 g/mol. The van der Waals surface area contributed by atoms with E-state index >= 15 is 0 Å². The molecule has 0 amide bonds. The number of nitrogens with two attached hydrogens (primary N) is 1. The minimum atomic E-state index is -1.55. The van der Waals surface area contributed by atoms with Crippen molar-refractivity contribution in [3.63, 3.8) is 0 Å². The molecule has 0 aliphatic carbocycles. The minimum absolute atomic E-state index is 0.0101. The van der Waals surface area contributed by atoms with Crippen molar-refractivity contribution in [1.29, 1.82) is 0 Å². The third-order valence-electron chi connectivity index (χ3n) is 5.75. The Hall–Kier alpha value is -1.51. The number of aliphatic carboxylic acids is 1. The van der Waals surface area contributed by atoms with Gasteiger partial charge in [-0.05, 0) is 36.5 Å². The van der Waals surface area contributed by atoms with E-state index in [0.29, 0.717) is 0 Å². The van der Waals surface area contributed by atoms with Gasteiger partial charge in [0.25, 0.3) is 0 Å². The molecule has 172 valence electrons. The molecule has 1 saturated heterocycles. The number of allylic oxidation sites excluding steroid dienone is 3. The lowest BCUT2D eigenvalue weighted by atomic mass is 9.70. The number of rotatable bonds is 8. The summed E-state index contributed by atoms with van der Waals surface area (Å²) in [5.74, 6) is -3.85. The van der Waals surface area contributed by atoms with Gasteiger partial charge in [-0.2, -0.15) is 0 Å². The van der Waals surface area contributed by atoms with Gasteiger partial charge in [-0.3, -0.25) is 10.1 Å². The topological polar surface area (TPSA) is 95.6 Å². The maximum Gasteiger partial charge on any atom is 0.321 e. The number of carboxylic acids is 1. The van der Waals surface area contributed by atoms with Crippen molar-refractivity contribution in [2.45, 2.75) is 57.2 Å². The van der Waals surface area contributed by atoms with Gasteiger partial charge in [0.1, 0.15) is 17.7 Å². The average molecular weight is 477 g/mol. The van der Waals surface area contributed by atoms with Gasteiger partial charge in [-0.25, -0.2) is 8.78 Å². The van der Waals surface area contributed by atoms with E-state index in [1.54, 1.807) is 20.8 Å². The molecule has 1 aliphatic heterocycles. The van der Waals surface area contributed by atoms with Crippen LogP contribution in [0.25, 0.3) is 0 Å². The molecule has 0 aromatic heterocycles. The second-order valence-corrected chi connectivity index (χ2v) is 9.58. The molecule has 5 N–H and O–H groups in total. The Morgan fingerprint density at radius 2 is 2.06 bits per heavy atom. The molecule has 1 aliphatic rings. The fourth-order valence-electron chi connectivity index (χ4n) is 4.11. The molecule has 1 aromatic rings. The molecule has 1 heterocycles. The Kier molecular flexibility index (Phi) is 8.27. The van der Waals surface area contributed by atoms with Gasteiger partial charge in [-0.15, -0.1) is 0 Å². The van der Waals surface area contributed by atoms with Gasteiger partial charge in [0, 0.05) is 35.6 Å². The van der Waals surface area contributed by atoms with E-state index in [9.17, 15) is 23.8 Å². The summed E-state index contributed by atoms with van der Waals surface area (Å²) in [6.45, 7) is 5.00. The van der Waals surface area contributed by atoms with Gasteiger partial charge in [0.15, 0.2) is 0 Å². The first kappa shape index (κ1) is 25.7. The lowest BCUT2D eigenvalue weighted by Gasteiger charge is -2.39. The quantitative estimate of drug-likeness (QED) is 0.414. The van der Waals surface area contributed by atoms with E-state index in [1.807, 2.05) is 0 Å². The summed E-state index contributed by atoms with van der Waals surface area (Å²) >= 11 is 11.9. The normalized spacial score (nSPS) is 27.6. The van der Waals surface area contributed by atoms with Gasteiger partial charge in [0.2, 0.25) is 0 Å². The summed E-state index contributed by atoms with van der Waals surface area (Å²) in [6, 6.07) is 2.21. The van der Waals surface area contributed by atoms with E-state index < -0.39 is 53.0 Å². The molecule has 5 nitrogen and oxygen atoms in total. The summed E-state index contributed by atoms with van der Waals surface area (Å²) in [5, 5.41) is 22.5. The Morgan fingerprint density at radius 3 is 2.61 bits per heavy atom. The maximum atomic E-state index is 15.0. The van der Waals surface area contributed by atoms with Crippen LogP contribution in [-0.2, 0) is 4.79 Å². The van der Waals surface area contributed by atoms with Gasteiger partial charge in [0.05, 0.1) is 5.02 Å². The minimum Gasteiger partial charge on any atom is -0.480 e. The van der Waals surface area contributed by atoms with Crippen LogP contribution >= 0.6 is 23.2 Å². The lowest BCUT2D eigenvalue weighted by Crippen LogP contribution is -2.55. The molecule has 31 heavy (non-hydrogen) atoms.